The Hall–Kier alpha value is -1.92. The first-order valence-electron chi connectivity index (χ1n) is 9.61. The van der Waals surface area contributed by atoms with Gasteiger partial charge in [0.25, 0.3) is 5.91 Å². The Morgan fingerprint density at radius 1 is 1.00 bits per heavy atom. The number of ether oxygens (including phenoxy) is 2. The van der Waals surface area contributed by atoms with Crippen molar-refractivity contribution < 1.29 is 19.1 Å². The van der Waals surface area contributed by atoms with E-state index in [2.05, 4.69) is 0 Å². The van der Waals surface area contributed by atoms with Crippen LogP contribution in [-0.2, 0) is 27.4 Å². The molecule has 140 valence electrons. The van der Waals surface area contributed by atoms with Crippen molar-refractivity contribution in [3.63, 3.8) is 0 Å². The highest BCUT2D eigenvalue weighted by molar-refractivity contribution is 6.04. The molecule has 4 rings (SSSR count). The zero-order valence-corrected chi connectivity index (χ0v) is 15.1. The van der Waals surface area contributed by atoms with Gasteiger partial charge in [0.2, 0.25) is 0 Å². The van der Waals surface area contributed by atoms with E-state index in [4.69, 9.17) is 9.47 Å². The van der Waals surface area contributed by atoms with Crippen LogP contribution in [0.2, 0.25) is 0 Å². The molecule has 3 heterocycles. The second-order valence-electron chi connectivity index (χ2n) is 7.35. The zero-order chi connectivity index (χ0) is 17.9. The Morgan fingerprint density at radius 2 is 1.73 bits per heavy atom. The maximum Gasteiger partial charge on any atom is 0.327 e. The van der Waals surface area contributed by atoms with Crippen LogP contribution in [0, 0.1) is 0 Å². The quantitative estimate of drug-likeness (QED) is 0.760. The predicted molar refractivity (Wildman–Crippen MR) is 95.4 cm³/mol. The third-order valence-electron chi connectivity index (χ3n) is 5.55. The van der Waals surface area contributed by atoms with Crippen molar-refractivity contribution in [2.45, 2.75) is 57.4 Å². The number of imide groups is 1. The molecule has 1 aromatic rings. The molecule has 0 N–H and O–H groups in total. The van der Waals surface area contributed by atoms with Crippen LogP contribution in [0.5, 0.6) is 0 Å². The van der Waals surface area contributed by atoms with Crippen molar-refractivity contribution >= 4 is 11.9 Å². The normalized spacial score (nSPS) is 24.2. The van der Waals surface area contributed by atoms with Crippen LogP contribution in [0.3, 0.4) is 0 Å². The number of benzene rings is 1. The Labute approximate surface area is 154 Å². The summed E-state index contributed by atoms with van der Waals surface area (Å²) in [5.41, 5.74) is 2.08. The van der Waals surface area contributed by atoms with E-state index >= 15 is 0 Å². The molecule has 0 aromatic heterocycles. The van der Waals surface area contributed by atoms with E-state index in [-0.39, 0.29) is 24.1 Å². The number of rotatable bonds is 5. The minimum Gasteiger partial charge on any atom is -0.381 e. The summed E-state index contributed by atoms with van der Waals surface area (Å²) in [4.78, 5) is 28.2. The molecule has 3 aliphatic rings. The van der Waals surface area contributed by atoms with E-state index in [0.29, 0.717) is 19.7 Å². The summed E-state index contributed by atoms with van der Waals surface area (Å²) in [7, 11) is 0. The van der Waals surface area contributed by atoms with E-state index in [1.54, 1.807) is 4.90 Å². The van der Waals surface area contributed by atoms with Gasteiger partial charge in [-0.1, -0.05) is 24.3 Å². The van der Waals surface area contributed by atoms with Crippen LogP contribution >= 0.6 is 0 Å². The van der Waals surface area contributed by atoms with Gasteiger partial charge >= 0.3 is 6.03 Å². The highest BCUT2D eigenvalue weighted by Gasteiger charge is 2.45. The molecule has 0 bridgehead atoms. The van der Waals surface area contributed by atoms with Gasteiger partial charge in [-0.3, -0.25) is 9.69 Å². The number of carbonyl (C=O) groups is 2. The van der Waals surface area contributed by atoms with Gasteiger partial charge in [-0.25, -0.2) is 4.79 Å². The molecule has 6 heteroatoms. The largest absolute Gasteiger partial charge is 0.381 e. The highest BCUT2D eigenvalue weighted by atomic mass is 16.5. The fourth-order valence-corrected chi connectivity index (χ4v) is 3.97. The van der Waals surface area contributed by atoms with Gasteiger partial charge in [0.05, 0.1) is 19.3 Å². The summed E-state index contributed by atoms with van der Waals surface area (Å²) in [5.74, 6) is -0.0402. The molecular weight excluding hydrogens is 332 g/mol. The lowest BCUT2D eigenvalue weighted by Crippen LogP contribution is -2.38. The summed E-state index contributed by atoms with van der Waals surface area (Å²) in [6.07, 6.45) is 5.00. The standard InChI is InChI=1S/C20H26N2O4/c23-19-18-3-1-2-10-21(18)20(24)22(19)13-15-4-6-16(7-5-15)14-26-17-8-11-25-12-9-17/h4-7,17-18H,1-3,8-14H2/t18-/m1/s1. The van der Waals surface area contributed by atoms with Crippen LogP contribution < -0.4 is 0 Å². The number of urea groups is 1. The van der Waals surface area contributed by atoms with Gasteiger partial charge in [0, 0.05) is 19.8 Å². The molecule has 3 amide bonds. The van der Waals surface area contributed by atoms with Gasteiger partial charge in [-0.05, 0) is 43.2 Å². The predicted octanol–water partition coefficient (Wildman–Crippen LogP) is 2.70. The second-order valence-corrected chi connectivity index (χ2v) is 7.35. The maximum atomic E-state index is 12.5. The third-order valence-corrected chi connectivity index (χ3v) is 5.55. The minimum absolute atomic E-state index is 0.0402. The number of piperidine rings is 1. The Morgan fingerprint density at radius 3 is 2.46 bits per heavy atom. The summed E-state index contributed by atoms with van der Waals surface area (Å²) in [6, 6.07) is 7.65. The first-order chi connectivity index (χ1) is 12.7. The van der Waals surface area contributed by atoms with Crippen LogP contribution in [0.25, 0.3) is 0 Å². The molecule has 3 aliphatic heterocycles. The third kappa shape index (κ3) is 3.62. The summed E-state index contributed by atoms with van der Waals surface area (Å²) < 4.78 is 11.3. The number of hydrogen-bond donors (Lipinski definition) is 0. The second kappa shape index (κ2) is 7.76. The van der Waals surface area contributed by atoms with Crippen LogP contribution in [0.4, 0.5) is 4.79 Å². The molecule has 26 heavy (non-hydrogen) atoms. The van der Waals surface area contributed by atoms with Crippen molar-refractivity contribution in [2.75, 3.05) is 19.8 Å². The van der Waals surface area contributed by atoms with Gasteiger partial charge in [0.1, 0.15) is 6.04 Å². The molecule has 0 aliphatic carbocycles. The van der Waals surface area contributed by atoms with Crippen LogP contribution in [0.15, 0.2) is 24.3 Å². The lowest BCUT2D eigenvalue weighted by atomic mass is 10.0. The number of amides is 3. The number of nitrogens with zero attached hydrogens (tertiary/aromatic N) is 2. The van der Waals surface area contributed by atoms with Crippen LogP contribution in [-0.4, -0.2) is 53.6 Å². The van der Waals surface area contributed by atoms with Crippen molar-refractivity contribution in [3.05, 3.63) is 35.4 Å². The van der Waals surface area contributed by atoms with E-state index in [9.17, 15) is 9.59 Å². The molecule has 0 saturated carbocycles. The van der Waals surface area contributed by atoms with Crippen molar-refractivity contribution in [2.24, 2.45) is 0 Å². The molecular formula is C20H26N2O4. The number of carbonyl (C=O) groups excluding carboxylic acids is 2. The SMILES string of the molecule is O=C1[C@H]2CCCCN2C(=O)N1Cc1ccc(COC2CCOCC2)cc1. The summed E-state index contributed by atoms with van der Waals surface area (Å²) in [5, 5.41) is 0. The molecule has 1 atom stereocenters. The molecule has 0 unspecified atom stereocenters. The lowest BCUT2D eigenvalue weighted by Gasteiger charge is -2.26. The molecule has 6 nitrogen and oxygen atoms in total. The van der Waals surface area contributed by atoms with Crippen molar-refractivity contribution in [1.29, 1.82) is 0 Å². The van der Waals surface area contributed by atoms with Gasteiger partial charge in [-0.2, -0.15) is 0 Å². The van der Waals surface area contributed by atoms with E-state index in [0.717, 1.165) is 56.4 Å². The van der Waals surface area contributed by atoms with Crippen LogP contribution in [0.1, 0.15) is 43.2 Å². The van der Waals surface area contributed by atoms with E-state index in [1.165, 1.54) is 4.90 Å². The zero-order valence-electron chi connectivity index (χ0n) is 15.1. The molecule has 3 saturated heterocycles. The van der Waals surface area contributed by atoms with Crippen molar-refractivity contribution in [3.8, 4) is 0 Å². The fourth-order valence-electron chi connectivity index (χ4n) is 3.97. The first-order valence-corrected chi connectivity index (χ1v) is 9.61. The average Bonchev–Trinajstić information content (AvgIpc) is 2.93. The van der Waals surface area contributed by atoms with Gasteiger partial charge in [0.15, 0.2) is 0 Å². The van der Waals surface area contributed by atoms with Gasteiger partial charge in [-0.15, -0.1) is 0 Å². The highest BCUT2D eigenvalue weighted by Crippen LogP contribution is 2.27. The topological polar surface area (TPSA) is 59.1 Å². The molecule has 0 radical (unpaired) electrons. The lowest BCUT2D eigenvalue weighted by molar-refractivity contribution is -0.129. The molecule has 3 fully saturated rings. The summed E-state index contributed by atoms with van der Waals surface area (Å²) in [6.45, 7) is 3.20. The van der Waals surface area contributed by atoms with Crippen molar-refractivity contribution in [1.82, 2.24) is 9.80 Å². The van der Waals surface area contributed by atoms with E-state index in [1.807, 2.05) is 24.3 Å². The molecule has 1 aromatic carbocycles. The number of fused-ring (bicyclic) bond motifs is 1. The van der Waals surface area contributed by atoms with E-state index < -0.39 is 0 Å². The number of hydrogen-bond acceptors (Lipinski definition) is 4. The minimum atomic E-state index is -0.233. The summed E-state index contributed by atoms with van der Waals surface area (Å²) >= 11 is 0. The maximum absolute atomic E-state index is 12.5. The Kier molecular flexibility index (Phi) is 5.22. The molecule has 0 spiro atoms. The Balaban J connectivity index is 1.33. The monoisotopic (exact) mass is 358 g/mol. The average molecular weight is 358 g/mol. The smallest absolute Gasteiger partial charge is 0.327 e. The Bertz CT molecular complexity index is 630. The first kappa shape index (κ1) is 17.5. The fraction of sp³-hybridized carbons (Fsp3) is 0.600. The van der Waals surface area contributed by atoms with Gasteiger partial charge < -0.3 is 14.4 Å².